The number of carbonyl (C=O) groups excluding carboxylic acids is 2. The Bertz CT molecular complexity index is 1240. The third-order valence-corrected chi connectivity index (χ3v) is 6.70. The molecule has 180 valence electrons. The number of nitrogens with one attached hydrogen (secondary N) is 1. The molecule has 1 heterocycles. The summed E-state index contributed by atoms with van der Waals surface area (Å²) in [6.45, 7) is 10.5. The molecule has 0 bridgehead atoms. The zero-order valence-electron chi connectivity index (χ0n) is 21.0. The summed E-state index contributed by atoms with van der Waals surface area (Å²) >= 11 is 0. The SMILES string of the molecule is CCN(CC)c1ccc(NC2=C(c3ccc(C)c(C)c3)C(=O)N(CCc3ccccc3)C2=O)cc1. The fourth-order valence-corrected chi connectivity index (χ4v) is 4.43. The Kier molecular flexibility index (Phi) is 7.35. The van der Waals surface area contributed by atoms with Crippen molar-refractivity contribution in [2.45, 2.75) is 34.1 Å². The average Bonchev–Trinajstić information content (AvgIpc) is 3.10. The van der Waals surface area contributed by atoms with Crippen LogP contribution >= 0.6 is 0 Å². The Labute approximate surface area is 208 Å². The van der Waals surface area contributed by atoms with E-state index in [1.807, 2.05) is 86.6 Å². The van der Waals surface area contributed by atoms with Crippen LogP contribution in [0, 0.1) is 13.8 Å². The topological polar surface area (TPSA) is 52.7 Å². The van der Waals surface area contributed by atoms with Gasteiger partial charge in [0, 0.05) is 31.0 Å². The fraction of sp³-hybridized carbons (Fsp3) is 0.267. The Morgan fingerprint density at radius 1 is 0.800 bits per heavy atom. The number of hydrogen-bond acceptors (Lipinski definition) is 4. The van der Waals surface area contributed by atoms with E-state index in [4.69, 9.17) is 0 Å². The Morgan fingerprint density at radius 3 is 2.11 bits per heavy atom. The van der Waals surface area contributed by atoms with Gasteiger partial charge in [-0.3, -0.25) is 14.5 Å². The summed E-state index contributed by atoms with van der Waals surface area (Å²) in [5.74, 6) is -0.538. The summed E-state index contributed by atoms with van der Waals surface area (Å²) in [4.78, 5) is 30.7. The highest BCUT2D eigenvalue weighted by molar-refractivity contribution is 6.36. The molecule has 1 aliphatic rings. The number of nitrogens with zero attached hydrogens (tertiary/aromatic N) is 2. The van der Waals surface area contributed by atoms with Crippen LogP contribution in [0.4, 0.5) is 11.4 Å². The van der Waals surface area contributed by atoms with Gasteiger partial charge in [0.05, 0.1) is 5.57 Å². The third-order valence-electron chi connectivity index (χ3n) is 6.70. The van der Waals surface area contributed by atoms with Crippen LogP contribution in [0.2, 0.25) is 0 Å². The van der Waals surface area contributed by atoms with Crippen molar-refractivity contribution in [2.75, 3.05) is 29.9 Å². The highest BCUT2D eigenvalue weighted by Gasteiger charge is 2.39. The van der Waals surface area contributed by atoms with Gasteiger partial charge in [-0.25, -0.2) is 0 Å². The number of benzene rings is 3. The maximum atomic E-state index is 13.6. The summed E-state index contributed by atoms with van der Waals surface area (Å²) < 4.78 is 0. The normalized spacial score (nSPS) is 13.5. The van der Waals surface area contributed by atoms with Crippen LogP contribution in [0.25, 0.3) is 5.57 Å². The molecule has 35 heavy (non-hydrogen) atoms. The molecule has 0 saturated heterocycles. The lowest BCUT2D eigenvalue weighted by Crippen LogP contribution is -2.34. The molecule has 3 aromatic rings. The van der Waals surface area contributed by atoms with Crippen LogP contribution in [0.1, 0.15) is 36.1 Å². The van der Waals surface area contributed by atoms with Gasteiger partial charge in [-0.2, -0.15) is 0 Å². The van der Waals surface area contributed by atoms with Crippen LogP contribution in [0.15, 0.2) is 78.5 Å². The largest absolute Gasteiger partial charge is 0.372 e. The molecule has 0 aromatic heterocycles. The lowest BCUT2D eigenvalue weighted by Gasteiger charge is -2.21. The van der Waals surface area contributed by atoms with E-state index < -0.39 is 0 Å². The van der Waals surface area contributed by atoms with Crippen LogP contribution in [-0.2, 0) is 16.0 Å². The Balaban J connectivity index is 1.66. The van der Waals surface area contributed by atoms with Crippen molar-refractivity contribution >= 4 is 28.8 Å². The second kappa shape index (κ2) is 10.6. The zero-order valence-corrected chi connectivity index (χ0v) is 21.0. The van der Waals surface area contributed by atoms with Gasteiger partial charge in [-0.15, -0.1) is 0 Å². The zero-order chi connectivity index (χ0) is 24.9. The van der Waals surface area contributed by atoms with Gasteiger partial charge < -0.3 is 10.2 Å². The Hall–Kier alpha value is -3.86. The minimum atomic E-state index is -0.285. The van der Waals surface area contributed by atoms with Crippen molar-refractivity contribution in [2.24, 2.45) is 0 Å². The maximum absolute atomic E-state index is 13.6. The standard InChI is InChI=1S/C30H33N3O2/c1-5-32(6-2)26-16-14-25(15-17-26)31-28-27(24-13-12-21(3)22(4)20-24)29(34)33(30(28)35)19-18-23-10-8-7-9-11-23/h7-17,20,31H,5-6,18-19H2,1-4H3. The van der Waals surface area contributed by atoms with Crippen molar-refractivity contribution in [1.82, 2.24) is 4.90 Å². The average molecular weight is 468 g/mol. The molecule has 0 spiro atoms. The van der Waals surface area contributed by atoms with Gasteiger partial charge in [0.15, 0.2) is 0 Å². The molecular weight excluding hydrogens is 434 g/mol. The number of hydrogen-bond donors (Lipinski definition) is 1. The summed E-state index contributed by atoms with van der Waals surface area (Å²) in [6, 6.07) is 23.8. The van der Waals surface area contributed by atoms with E-state index in [2.05, 4.69) is 24.1 Å². The molecule has 5 nitrogen and oxygen atoms in total. The molecule has 0 aliphatic carbocycles. The second-order valence-electron chi connectivity index (χ2n) is 8.89. The lowest BCUT2D eigenvalue weighted by atomic mass is 9.99. The first kappa shape index (κ1) is 24.3. The number of imide groups is 1. The van der Waals surface area contributed by atoms with Gasteiger partial charge in [0.1, 0.15) is 5.70 Å². The third kappa shape index (κ3) is 5.14. The van der Waals surface area contributed by atoms with Crippen molar-refractivity contribution in [3.63, 3.8) is 0 Å². The van der Waals surface area contributed by atoms with Gasteiger partial charge in [-0.05, 0) is 80.6 Å². The predicted molar refractivity (Wildman–Crippen MR) is 143 cm³/mol. The number of anilines is 2. The number of aryl methyl sites for hydroxylation is 2. The molecule has 0 fully saturated rings. The molecule has 4 rings (SSSR count). The van der Waals surface area contributed by atoms with Gasteiger partial charge in [0.25, 0.3) is 11.8 Å². The number of carbonyl (C=O) groups is 2. The summed E-state index contributed by atoms with van der Waals surface area (Å²) in [6.07, 6.45) is 0.615. The summed E-state index contributed by atoms with van der Waals surface area (Å²) in [5.41, 5.74) is 6.76. The van der Waals surface area contributed by atoms with E-state index in [9.17, 15) is 9.59 Å². The summed E-state index contributed by atoms with van der Waals surface area (Å²) in [7, 11) is 0. The highest BCUT2D eigenvalue weighted by atomic mass is 16.2. The van der Waals surface area contributed by atoms with E-state index in [1.54, 1.807) is 0 Å². The molecule has 1 aliphatic heterocycles. The van der Waals surface area contributed by atoms with E-state index in [0.29, 0.717) is 24.2 Å². The fourth-order valence-electron chi connectivity index (χ4n) is 4.43. The molecule has 0 saturated carbocycles. The monoisotopic (exact) mass is 467 g/mol. The van der Waals surface area contributed by atoms with E-state index >= 15 is 0 Å². The first-order valence-corrected chi connectivity index (χ1v) is 12.3. The van der Waals surface area contributed by atoms with Crippen molar-refractivity contribution in [3.8, 4) is 0 Å². The number of rotatable bonds is 9. The van der Waals surface area contributed by atoms with Crippen molar-refractivity contribution in [3.05, 3.63) is 101 Å². The molecule has 2 amide bonds. The first-order chi connectivity index (χ1) is 16.9. The minimum absolute atomic E-state index is 0.253. The quantitative estimate of drug-likeness (QED) is 0.417. The molecule has 0 unspecified atom stereocenters. The second-order valence-corrected chi connectivity index (χ2v) is 8.89. The minimum Gasteiger partial charge on any atom is -0.372 e. The van der Waals surface area contributed by atoms with Crippen molar-refractivity contribution < 1.29 is 9.59 Å². The maximum Gasteiger partial charge on any atom is 0.278 e. The van der Waals surface area contributed by atoms with Gasteiger partial charge in [0.2, 0.25) is 0 Å². The summed E-state index contributed by atoms with van der Waals surface area (Å²) in [5, 5.41) is 3.28. The lowest BCUT2D eigenvalue weighted by molar-refractivity contribution is -0.136. The van der Waals surface area contributed by atoms with E-state index in [-0.39, 0.29) is 11.8 Å². The molecule has 5 heteroatoms. The van der Waals surface area contributed by atoms with E-state index in [1.165, 1.54) is 4.90 Å². The number of amides is 2. The Morgan fingerprint density at radius 2 is 1.49 bits per heavy atom. The molecular formula is C30H33N3O2. The van der Waals surface area contributed by atoms with Crippen LogP contribution in [0.3, 0.4) is 0 Å². The smallest absolute Gasteiger partial charge is 0.278 e. The van der Waals surface area contributed by atoms with Crippen LogP contribution < -0.4 is 10.2 Å². The first-order valence-electron chi connectivity index (χ1n) is 12.3. The molecule has 0 radical (unpaired) electrons. The van der Waals surface area contributed by atoms with E-state index in [0.717, 1.165) is 46.7 Å². The molecule has 0 atom stereocenters. The molecule has 1 N–H and O–H groups in total. The highest BCUT2D eigenvalue weighted by Crippen LogP contribution is 2.32. The molecule has 3 aromatic carbocycles. The van der Waals surface area contributed by atoms with Gasteiger partial charge in [-0.1, -0.05) is 48.5 Å². The predicted octanol–water partition coefficient (Wildman–Crippen LogP) is 5.58. The van der Waals surface area contributed by atoms with Gasteiger partial charge >= 0.3 is 0 Å². The van der Waals surface area contributed by atoms with Crippen LogP contribution in [0.5, 0.6) is 0 Å². The van der Waals surface area contributed by atoms with Crippen LogP contribution in [-0.4, -0.2) is 36.3 Å². The van der Waals surface area contributed by atoms with Crippen molar-refractivity contribution in [1.29, 1.82) is 0 Å².